The van der Waals surface area contributed by atoms with E-state index in [1.807, 2.05) is 6.92 Å². The molecule has 0 aliphatic heterocycles. The summed E-state index contributed by atoms with van der Waals surface area (Å²) in [5.41, 5.74) is 1.00. The molecule has 0 heterocycles. The first-order chi connectivity index (χ1) is 12.6. The molecule has 1 unspecified atom stereocenters. The molecule has 3 N–H and O–H groups in total. The monoisotopic (exact) mass is 360 g/mol. The Morgan fingerprint density at radius 3 is 2.00 bits per heavy atom. The van der Waals surface area contributed by atoms with E-state index in [2.05, 4.69) is 24.3 Å². The molecule has 1 rings (SSSR count). The van der Waals surface area contributed by atoms with Crippen LogP contribution in [0.3, 0.4) is 0 Å². The lowest BCUT2D eigenvalue weighted by Crippen LogP contribution is -1.97. The second kappa shape index (κ2) is 14.4. The summed E-state index contributed by atoms with van der Waals surface area (Å²) in [5, 5.41) is 28.1. The summed E-state index contributed by atoms with van der Waals surface area (Å²) >= 11 is 0. The molecule has 26 heavy (non-hydrogen) atoms. The molecule has 146 valence electrons. The Morgan fingerprint density at radius 2 is 1.35 bits per heavy atom. The van der Waals surface area contributed by atoms with Gasteiger partial charge in [0.15, 0.2) is 0 Å². The highest BCUT2D eigenvalue weighted by Gasteiger charge is 1.99. The van der Waals surface area contributed by atoms with Crippen LogP contribution in [0.25, 0.3) is 0 Å². The standard InChI is InChI=1S/C23H36O3/c1-20(24)15-13-11-9-7-5-3-2-4-6-8-10-12-14-16-21-17-22(25)19-23(26)18-21/h2-3,7,9,17-20,24-26H,4-6,8,10-16H2,1H3. The molecule has 0 amide bonds. The summed E-state index contributed by atoms with van der Waals surface area (Å²) in [6.45, 7) is 1.84. The van der Waals surface area contributed by atoms with Crippen molar-refractivity contribution in [2.45, 2.75) is 83.7 Å². The van der Waals surface area contributed by atoms with Crippen LogP contribution >= 0.6 is 0 Å². The molecule has 0 fully saturated rings. The zero-order valence-corrected chi connectivity index (χ0v) is 16.2. The second-order valence-corrected chi connectivity index (χ2v) is 7.12. The minimum atomic E-state index is -0.177. The van der Waals surface area contributed by atoms with Crippen LogP contribution in [0.5, 0.6) is 11.5 Å². The lowest BCUT2D eigenvalue weighted by molar-refractivity contribution is 0.182. The number of rotatable bonds is 14. The maximum atomic E-state index is 9.45. The molecule has 0 saturated heterocycles. The summed E-state index contributed by atoms with van der Waals surface area (Å²) < 4.78 is 0. The quantitative estimate of drug-likeness (QED) is 0.280. The van der Waals surface area contributed by atoms with Gasteiger partial charge in [-0.05, 0) is 76.0 Å². The molecule has 0 aliphatic carbocycles. The van der Waals surface area contributed by atoms with E-state index in [1.165, 1.54) is 31.7 Å². The number of phenols is 2. The molecule has 0 aromatic heterocycles. The fraction of sp³-hybridized carbons (Fsp3) is 0.565. The van der Waals surface area contributed by atoms with E-state index in [0.29, 0.717) is 0 Å². The third-order valence-corrected chi connectivity index (χ3v) is 4.40. The van der Waals surface area contributed by atoms with Gasteiger partial charge in [-0.2, -0.15) is 0 Å². The van der Waals surface area contributed by atoms with Crippen LogP contribution in [0, 0.1) is 0 Å². The number of unbranched alkanes of at least 4 members (excludes halogenated alkanes) is 6. The SMILES string of the molecule is CC(O)CCCC=CCC=CCCCCCCCc1cc(O)cc(O)c1. The van der Waals surface area contributed by atoms with Crippen LogP contribution in [-0.4, -0.2) is 21.4 Å². The van der Waals surface area contributed by atoms with Crippen molar-refractivity contribution in [3.63, 3.8) is 0 Å². The van der Waals surface area contributed by atoms with Gasteiger partial charge in [-0.25, -0.2) is 0 Å². The summed E-state index contributed by atoms with van der Waals surface area (Å²) in [4.78, 5) is 0. The summed E-state index contributed by atoms with van der Waals surface area (Å²) in [5.74, 6) is 0.280. The molecule has 0 saturated carbocycles. The molecule has 0 spiro atoms. The maximum Gasteiger partial charge on any atom is 0.119 e. The largest absolute Gasteiger partial charge is 0.508 e. The highest BCUT2D eigenvalue weighted by Crippen LogP contribution is 2.22. The predicted molar refractivity (Wildman–Crippen MR) is 110 cm³/mol. The zero-order chi connectivity index (χ0) is 19.0. The van der Waals surface area contributed by atoms with E-state index < -0.39 is 0 Å². The van der Waals surface area contributed by atoms with Crippen molar-refractivity contribution < 1.29 is 15.3 Å². The highest BCUT2D eigenvalue weighted by atomic mass is 16.3. The number of hydrogen-bond donors (Lipinski definition) is 3. The number of aryl methyl sites for hydroxylation is 1. The number of hydrogen-bond acceptors (Lipinski definition) is 3. The van der Waals surface area contributed by atoms with Gasteiger partial charge in [0.1, 0.15) is 11.5 Å². The molecule has 3 nitrogen and oxygen atoms in total. The van der Waals surface area contributed by atoms with Crippen molar-refractivity contribution in [1.82, 2.24) is 0 Å². The molecule has 3 heteroatoms. The number of aliphatic hydroxyl groups excluding tert-OH is 1. The molecular formula is C23H36O3. The van der Waals surface area contributed by atoms with Gasteiger partial charge in [-0.15, -0.1) is 0 Å². The van der Waals surface area contributed by atoms with Gasteiger partial charge in [0, 0.05) is 6.07 Å². The number of phenolic OH excluding ortho intramolecular Hbond substituents is 2. The van der Waals surface area contributed by atoms with E-state index in [9.17, 15) is 10.2 Å². The van der Waals surface area contributed by atoms with Gasteiger partial charge in [-0.1, -0.05) is 43.6 Å². The van der Waals surface area contributed by atoms with E-state index in [0.717, 1.165) is 50.5 Å². The topological polar surface area (TPSA) is 60.7 Å². The number of aliphatic hydroxyl groups is 1. The van der Waals surface area contributed by atoms with E-state index >= 15 is 0 Å². The van der Waals surface area contributed by atoms with E-state index in [4.69, 9.17) is 5.11 Å². The Balaban J connectivity index is 1.92. The van der Waals surface area contributed by atoms with Crippen LogP contribution in [0.4, 0.5) is 0 Å². The minimum absolute atomic E-state index is 0.140. The van der Waals surface area contributed by atoms with Crippen LogP contribution in [0.2, 0.25) is 0 Å². The first kappa shape index (κ1) is 22.3. The van der Waals surface area contributed by atoms with Gasteiger partial charge in [0.2, 0.25) is 0 Å². The molecular weight excluding hydrogens is 324 g/mol. The fourth-order valence-electron chi connectivity index (χ4n) is 2.96. The fourth-order valence-corrected chi connectivity index (χ4v) is 2.96. The summed E-state index contributed by atoms with van der Waals surface area (Å²) in [6, 6.07) is 4.82. The Kier molecular flexibility index (Phi) is 12.4. The number of benzene rings is 1. The smallest absolute Gasteiger partial charge is 0.119 e. The minimum Gasteiger partial charge on any atom is -0.508 e. The second-order valence-electron chi connectivity index (χ2n) is 7.12. The molecule has 0 radical (unpaired) electrons. The molecule has 0 aliphatic rings. The average molecular weight is 361 g/mol. The molecule has 1 atom stereocenters. The summed E-state index contributed by atoms with van der Waals surface area (Å²) in [6.07, 6.45) is 20.8. The van der Waals surface area contributed by atoms with E-state index in [1.54, 1.807) is 12.1 Å². The van der Waals surface area contributed by atoms with Gasteiger partial charge in [0.05, 0.1) is 6.10 Å². The van der Waals surface area contributed by atoms with Crippen LogP contribution < -0.4 is 0 Å². The van der Waals surface area contributed by atoms with Crippen molar-refractivity contribution in [2.24, 2.45) is 0 Å². The van der Waals surface area contributed by atoms with Gasteiger partial charge in [0.25, 0.3) is 0 Å². The number of allylic oxidation sites excluding steroid dienone is 4. The van der Waals surface area contributed by atoms with Crippen LogP contribution in [0.15, 0.2) is 42.5 Å². The van der Waals surface area contributed by atoms with Crippen LogP contribution in [0.1, 0.15) is 76.7 Å². The summed E-state index contributed by atoms with van der Waals surface area (Å²) in [7, 11) is 0. The van der Waals surface area contributed by atoms with Crippen molar-refractivity contribution in [3.8, 4) is 11.5 Å². The van der Waals surface area contributed by atoms with Crippen molar-refractivity contribution in [1.29, 1.82) is 0 Å². The van der Waals surface area contributed by atoms with Gasteiger partial charge >= 0.3 is 0 Å². The van der Waals surface area contributed by atoms with Gasteiger partial charge in [-0.3, -0.25) is 0 Å². The normalized spacial score (nSPS) is 13.0. The number of aromatic hydroxyl groups is 2. The zero-order valence-electron chi connectivity index (χ0n) is 16.2. The highest BCUT2D eigenvalue weighted by molar-refractivity contribution is 5.36. The van der Waals surface area contributed by atoms with E-state index in [-0.39, 0.29) is 17.6 Å². The predicted octanol–water partition coefficient (Wildman–Crippen LogP) is 6.03. The van der Waals surface area contributed by atoms with Crippen molar-refractivity contribution in [2.75, 3.05) is 0 Å². The van der Waals surface area contributed by atoms with Crippen molar-refractivity contribution in [3.05, 3.63) is 48.1 Å². The van der Waals surface area contributed by atoms with Crippen molar-refractivity contribution >= 4 is 0 Å². The first-order valence-corrected chi connectivity index (χ1v) is 10.1. The molecule has 1 aromatic carbocycles. The Morgan fingerprint density at radius 1 is 0.769 bits per heavy atom. The van der Waals surface area contributed by atoms with Crippen LogP contribution in [-0.2, 0) is 6.42 Å². The van der Waals surface area contributed by atoms with Gasteiger partial charge < -0.3 is 15.3 Å². The molecule has 1 aromatic rings. The third kappa shape index (κ3) is 12.6. The molecule has 0 bridgehead atoms. The Hall–Kier alpha value is -1.74. The Bertz CT molecular complexity index is 512. The first-order valence-electron chi connectivity index (χ1n) is 10.1. The third-order valence-electron chi connectivity index (χ3n) is 4.40. The Labute approximate surface area is 159 Å². The average Bonchev–Trinajstić information content (AvgIpc) is 2.57. The maximum absolute atomic E-state index is 9.45. The lowest BCUT2D eigenvalue weighted by Gasteiger charge is -2.04. The lowest BCUT2D eigenvalue weighted by atomic mass is 10.0.